The van der Waals surface area contributed by atoms with Crippen LogP contribution in [0.1, 0.15) is 12.5 Å². The second-order valence-electron chi connectivity index (χ2n) is 3.95. The van der Waals surface area contributed by atoms with Crippen LogP contribution in [0.3, 0.4) is 0 Å². The lowest BCUT2D eigenvalue weighted by Gasteiger charge is -2.10. The molecule has 0 aliphatic carbocycles. The first-order chi connectivity index (χ1) is 7.36. The molecule has 3 rings (SSSR count). The van der Waals surface area contributed by atoms with Gasteiger partial charge in [-0.2, -0.15) is 5.10 Å². The van der Waals surface area contributed by atoms with Crippen LogP contribution in [0.4, 0.5) is 0 Å². The average Bonchev–Trinajstić information content (AvgIpc) is 2.85. The first-order valence-electron chi connectivity index (χ1n) is 5.22. The van der Waals surface area contributed by atoms with Crippen LogP contribution >= 0.6 is 0 Å². The van der Waals surface area contributed by atoms with E-state index in [1.165, 1.54) is 0 Å². The molecule has 0 radical (unpaired) electrons. The highest BCUT2D eigenvalue weighted by Gasteiger charge is 2.19. The van der Waals surface area contributed by atoms with Gasteiger partial charge in [-0.15, -0.1) is 0 Å². The molecule has 2 heterocycles. The molecule has 1 aromatic heterocycles. The van der Waals surface area contributed by atoms with Crippen molar-refractivity contribution in [2.24, 2.45) is 0 Å². The van der Waals surface area contributed by atoms with E-state index in [0.29, 0.717) is 11.8 Å². The van der Waals surface area contributed by atoms with Crippen LogP contribution in [0.2, 0.25) is 0 Å². The Kier molecular flexibility index (Phi) is 1.89. The Morgan fingerprint density at radius 2 is 2.40 bits per heavy atom. The predicted octanol–water partition coefficient (Wildman–Crippen LogP) is 1.28. The van der Waals surface area contributed by atoms with Crippen LogP contribution in [-0.4, -0.2) is 28.0 Å². The molecule has 1 aliphatic rings. The minimum Gasteiger partial charge on any atom is -0.507 e. The van der Waals surface area contributed by atoms with E-state index in [-0.39, 0.29) is 0 Å². The summed E-state index contributed by atoms with van der Waals surface area (Å²) >= 11 is 0. The molecular weight excluding hydrogens is 190 g/mol. The molecule has 2 aromatic rings. The van der Waals surface area contributed by atoms with Crippen molar-refractivity contribution < 1.29 is 5.11 Å². The highest BCUT2D eigenvalue weighted by molar-refractivity contribution is 5.84. The molecule has 1 saturated heterocycles. The van der Waals surface area contributed by atoms with Crippen LogP contribution in [-0.2, 0) is 0 Å². The fourth-order valence-corrected chi connectivity index (χ4v) is 2.19. The molecule has 1 aromatic carbocycles. The fraction of sp³-hybridized carbons (Fsp3) is 0.364. The van der Waals surface area contributed by atoms with Gasteiger partial charge in [0, 0.05) is 6.54 Å². The summed E-state index contributed by atoms with van der Waals surface area (Å²) in [5, 5.41) is 18.2. The number of rotatable bonds is 1. The Bertz CT molecular complexity index is 486. The maximum Gasteiger partial charge on any atom is 0.126 e. The number of aromatic nitrogens is 2. The lowest BCUT2D eigenvalue weighted by Crippen LogP contribution is -2.14. The lowest BCUT2D eigenvalue weighted by molar-refractivity contribution is 0.481. The molecule has 0 saturated carbocycles. The molecule has 4 heteroatoms. The zero-order valence-electron chi connectivity index (χ0n) is 8.35. The highest BCUT2D eigenvalue weighted by atomic mass is 16.3. The SMILES string of the molecule is Oc1cccc2c1cnn2C1CCNC1. The number of phenols is 1. The summed E-state index contributed by atoms with van der Waals surface area (Å²) < 4.78 is 2.01. The van der Waals surface area contributed by atoms with E-state index in [4.69, 9.17) is 0 Å². The summed E-state index contributed by atoms with van der Waals surface area (Å²) in [7, 11) is 0. The normalized spacial score (nSPS) is 21.2. The molecule has 1 unspecified atom stereocenters. The van der Waals surface area contributed by atoms with Crippen molar-refractivity contribution >= 4 is 10.9 Å². The zero-order valence-corrected chi connectivity index (χ0v) is 8.35. The van der Waals surface area contributed by atoms with E-state index in [1.54, 1.807) is 12.3 Å². The van der Waals surface area contributed by atoms with E-state index in [0.717, 1.165) is 30.4 Å². The molecule has 1 fully saturated rings. The highest BCUT2D eigenvalue weighted by Crippen LogP contribution is 2.27. The molecule has 0 spiro atoms. The third-order valence-corrected chi connectivity index (χ3v) is 3.00. The molecule has 0 bridgehead atoms. The van der Waals surface area contributed by atoms with E-state index in [2.05, 4.69) is 10.4 Å². The van der Waals surface area contributed by atoms with Gasteiger partial charge in [-0.3, -0.25) is 4.68 Å². The Labute approximate surface area is 87.5 Å². The van der Waals surface area contributed by atoms with Gasteiger partial charge in [-0.25, -0.2) is 0 Å². The molecule has 78 valence electrons. The van der Waals surface area contributed by atoms with Gasteiger partial charge in [0.25, 0.3) is 0 Å². The number of hydrogen-bond donors (Lipinski definition) is 2. The van der Waals surface area contributed by atoms with Crippen LogP contribution in [0.25, 0.3) is 10.9 Å². The molecule has 4 nitrogen and oxygen atoms in total. The van der Waals surface area contributed by atoms with Crippen molar-refractivity contribution in [2.75, 3.05) is 13.1 Å². The lowest BCUT2D eigenvalue weighted by atomic mass is 10.2. The van der Waals surface area contributed by atoms with Gasteiger partial charge in [-0.1, -0.05) is 6.07 Å². The number of nitrogens with zero attached hydrogens (tertiary/aromatic N) is 2. The molecule has 1 atom stereocenters. The van der Waals surface area contributed by atoms with Crippen LogP contribution in [0, 0.1) is 0 Å². The second-order valence-corrected chi connectivity index (χ2v) is 3.95. The summed E-state index contributed by atoms with van der Waals surface area (Å²) in [5.41, 5.74) is 1.02. The Hall–Kier alpha value is -1.55. The number of aromatic hydroxyl groups is 1. The number of hydrogen-bond acceptors (Lipinski definition) is 3. The Morgan fingerprint density at radius 3 is 3.20 bits per heavy atom. The standard InChI is InChI=1S/C11H13N3O/c15-11-3-1-2-10-9(11)7-13-14(10)8-4-5-12-6-8/h1-3,7-8,12,15H,4-6H2. The van der Waals surface area contributed by atoms with Crippen LogP contribution in [0.5, 0.6) is 5.75 Å². The largest absolute Gasteiger partial charge is 0.507 e. The van der Waals surface area contributed by atoms with Gasteiger partial charge in [-0.05, 0) is 25.1 Å². The minimum absolute atomic E-state index is 0.310. The van der Waals surface area contributed by atoms with E-state index >= 15 is 0 Å². The third-order valence-electron chi connectivity index (χ3n) is 3.00. The Morgan fingerprint density at radius 1 is 1.47 bits per heavy atom. The summed E-state index contributed by atoms with van der Waals surface area (Å²) in [6.45, 7) is 2.01. The molecule has 2 N–H and O–H groups in total. The Balaban J connectivity index is 2.15. The number of nitrogens with one attached hydrogen (secondary N) is 1. The van der Waals surface area contributed by atoms with Crippen molar-refractivity contribution in [2.45, 2.75) is 12.5 Å². The van der Waals surface area contributed by atoms with Gasteiger partial charge in [0.2, 0.25) is 0 Å². The maximum absolute atomic E-state index is 9.66. The first-order valence-corrected chi connectivity index (χ1v) is 5.22. The fourth-order valence-electron chi connectivity index (χ4n) is 2.19. The predicted molar refractivity (Wildman–Crippen MR) is 57.9 cm³/mol. The van der Waals surface area contributed by atoms with Crippen LogP contribution < -0.4 is 5.32 Å². The second kappa shape index (κ2) is 3.24. The molecule has 15 heavy (non-hydrogen) atoms. The van der Waals surface area contributed by atoms with Crippen molar-refractivity contribution in [1.82, 2.24) is 15.1 Å². The first kappa shape index (κ1) is 8.73. The number of benzene rings is 1. The molecular formula is C11H13N3O. The van der Waals surface area contributed by atoms with Gasteiger partial charge in [0.15, 0.2) is 0 Å². The van der Waals surface area contributed by atoms with Gasteiger partial charge in [0.1, 0.15) is 5.75 Å². The average molecular weight is 203 g/mol. The van der Waals surface area contributed by atoms with Gasteiger partial charge >= 0.3 is 0 Å². The zero-order chi connectivity index (χ0) is 10.3. The minimum atomic E-state index is 0.310. The van der Waals surface area contributed by atoms with Crippen molar-refractivity contribution in [1.29, 1.82) is 0 Å². The van der Waals surface area contributed by atoms with Crippen molar-refractivity contribution in [3.63, 3.8) is 0 Å². The molecule has 0 amide bonds. The van der Waals surface area contributed by atoms with Crippen molar-refractivity contribution in [3.8, 4) is 5.75 Å². The van der Waals surface area contributed by atoms with E-state index in [9.17, 15) is 5.11 Å². The summed E-state index contributed by atoms with van der Waals surface area (Å²) in [6, 6.07) is 5.98. The monoisotopic (exact) mass is 203 g/mol. The van der Waals surface area contributed by atoms with Gasteiger partial charge < -0.3 is 10.4 Å². The maximum atomic E-state index is 9.66. The summed E-state index contributed by atoms with van der Waals surface area (Å²) in [6.07, 6.45) is 2.84. The number of phenolic OH excluding ortho intramolecular Hbond substituents is 1. The van der Waals surface area contributed by atoms with Crippen LogP contribution in [0.15, 0.2) is 24.4 Å². The quantitative estimate of drug-likeness (QED) is 0.734. The smallest absolute Gasteiger partial charge is 0.126 e. The van der Waals surface area contributed by atoms with E-state index < -0.39 is 0 Å². The van der Waals surface area contributed by atoms with Gasteiger partial charge in [0.05, 0.1) is 23.1 Å². The third kappa shape index (κ3) is 1.29. The van der Waals surface area contributed by atoms with E-state index in [1.807, 2.05) is 16.8 Å². The summed E-state index contributed by atoms with van der Waals surface area (Å²) in [4.78, 5) is 0. The molecule has 1 aliphatic heterocycles. The summed E-state index contributed by atoms with van der Waals surface area (Å²) in [5.74, 6) is 0.310. The topological polar surface area (TPSA) is 50.1 Å². The number of fused-ring (bicyclic) bond motifs is 1. The van der Waals surface area contributed by atoms with Crippen molar-refractivity contribution in [3.05, 3.63) is 24.4 Å².